The molecule has 0 aliphatic carbocycles. The van der Waals surface area contributed by atoms with Gasteiger partial charge in [0.15, 0.2) is 0 Å². The highest BCUT2D eigenvalue weighted by Crippen LogP contribution is 2.36. The van der Waals surface area contributed by atoms with Crippen LogP contribution in [0.25, 0.3) is 10.8 Å². The first-order chi connectivity index (χ1) is 17.5. The molecule has 1 aliphatic rings. The summed E-state index contributed by atoms with van der Waals surface area (Å²) in [7, 11) is 0. The van der Waals surface area contributed by atoms with Gasteiger partial charge in [0.2, 0.25) is 0 Å². The zero-order chi connectivity index (χ0) is 25.1. The molecule has 1 atom stereocenters. The van der Waals surface area contributed by atoms with Crippen LogP contribution in [0.1, 0.15) is 27.5 Å². The van der Waals surface area contributed by atoms with Crippen molar-refractivity contribution in [3.8, 4) is 5.75 Å². The number of carbonyl (C=O) groups excluding carboxylic acids is 1. The van der Waals surface area contributed by atoms with Crippen LogP contribution < -0.4 is 10.2 Å². The number of nitrogens with zero attached hydrogens (tertiary/aromatic N) is 2. The normalized spacial score (nSPS) is 14.4. The van der Waals surface area contributed by atoms with Gasteiger partial charge in [0, 0.05) is 30.3 Å². The SMILES string of the molecule is O=C(NC(c1ccccc1)c1c(O)ccc2ccccc12)c1ccc(N2CCOCC2)c([N+](=O)[O-])c1. The number of anilines is 1. The molecule has 182 valence electrons. The molecule has 1 heterocycles. The van der Waals surface area contributed by atoms with Crippen molar-refractivity contribution in [3.63, 3.8) is 0 Å². The van der Waals surface area contributed by atoms with E-state index in [2.05, 4.69) is 5.32 Å². The largest absolute Gasteiger partial charge is 0.508 e. The number of nitro benzene ring substituents is 1. The molecule has 8 nitrogen and oxygen atoms in total. The summed E-state index contributed by atoms with van der Waals surface area (Å²) in [5.41, 5.74) is 1.84. The number of hydrogen-bond acceptors (Lipinski definition) is 6. The van der Waals surface area contributed by atoms with Gasteiger partial charge in [-0.3, -0.25) is 14.9 Å². The fourth-order valence-corrected chi connectivity index (χ4v) is 4.65. The number of carbonyl (C=O) groups is 1. The van der Waals surface area contributed by atoms with Crippen molar-refractivity contribution in [3.05, 3.63) is 112 Å². The second-order valence-corrected chi connectivity index (χ2v) is 8.60. The van der Waals surface area contributed by atoms with Crippen molar-refractivity contribution < 1.29 is 19.6 Å². The fraction of sp³-hybridized carbons (Fsp3) is 0.179. The Hall–Kier alpha value is -4.43. The Labute approximate surface area is 207 Å². The molecule has 8 heteroatoms. The van der Waals surface area contributed by atoms with Crippen LogP contribution in [0.4, 0.5) is 11.4 Å². The van der Waals surface area contributed by atoms with Crippen molar-refractivity contribution in [1.82, 2.24) is 5.32 Å². The average Bonchev–Trinajstić information content (AvgIpc) is 2.92. The molecular formula is C28H25N3O5. The number of amides is 1. The number of rotatable bonds is 6. The molecule has 0 aromatic heterocycles. The Balaban J connectivity index is 1.54. The van der Waals surface area contributed by atoms with Gasteiger partial charge in [-0.05, 0) is 34.5 Å². The number of hydrogen-bond donors (Lipinski definition) is 2. The summed E-state index contributed by atoms with van der Waals surface area (Å²) in [6.07, 6.45) is 0. The van der Waals surface area contributed by atoms with Crippen molar-refractivity contribution in [2.24, 2.45) is 0 Å². The van der Waals surface area contributed by atoms with E-state index in [1.54, 1.807) is 18.2 Å². The number of morpholine rings is 1. The summed E-state index contributed by atoms with van der Waals surface area (Å²) in [5, 5.41) is 27.5. The number of nitrogens with one attached hydrogen (secondary N) is 1. The number of fused-ring (bicyclic) bond motifs is 1. The Kier molecular flexibility index (Phi) is 6.51. The van der Waals surface area contributed by atoms with Gasteiger partial charge in [-0.2, -0.15) is 0 Å². The maximum atomic E-state index is 13.5. The van der Waals surface area contributed by atoms with E-state index in [1.165, 1.54) is 6.07 Å². The quantitative estimate of drug-likeness (QED) is 0.301. The van der Waals surface area contributed by atoms with E-state index in [4.69, 9.17) is 4.74 Å². The van der Waals surface area contributed by atoms with Gasteiger partial charge in [-0.15, -0.1) is 0 Å². The standard InChI is InChI=1S/C28H25N3O5/c32-25-13-11-19-6-4-5-9-22(19)26(25)27(20-7-2-1-3-8-20)29-28(33)21-10-12-23(24(18-21)31(34)35)30-14-16-36-17-15-30/h1-13,18,27,32H,14-17H2,(H,29,33). The molecule has 2 N–H and O–H groups in total. The minimum atomic E-state index is -0.678. The summed E-state index contributed by atoms with van der Waals surface area (Å²) in [4.78, 5) is 26.8. The smallest absolute Gasteiger partial charge is 0.293 e. The first kappa shape index (κ1) is 23.3. The summed E-state index contributed by atoms with van der Waals surface area (Å²) in [6, 6.07) is 24.2. The summed E-state index contributed by atoms with van der Waals surface area (Å²) < 4.78 is 5.36. The second-order valence-electron chi connectivity index (χ2n) is 8.60. The molecule has 1 saturated heterocycles. The van der Waals surface area contributed by atoms with E-state index in [0.29, 0.717) is 37.6 Å². The van der Waals surface area contributed by atoms with E-state index < -0.39 is 16.9 Å². The third-order valence-electron chi connectivity index (χ3n) is 6.43. The van der Waals surface area contributed by atoms with Gasteiger partial charge < -0.3 is 20.1 Å². The van der Waals surface area contributed by atoms with Gasteiger partial charge in [0.1, 0.15) is 11.4 Å². The van der Waals surface area contributed by atoms with Crippen LogP contribution in [-0.4, -0.2) is 42.2 Å². The van der Waals surface area contributed by atoms with E-state index in [9.17, 15) is 20.0 Å². The van der Waals surface area contributed by atoms with Crippen LogP contribution in [0.15, 0.2) is 84.9 Å². The Morgan fingerprint density at radius 3 is 2.44 bits per heavy atom. The molecule has 0 spiro atoms. The summed E-state index contributed by atoms with van der Waals surface area (Å²) >= 11 is 0. The van der Waals surface area contributed by atoms with Crippen LogP contribution in [0.3, 0.4) is 0 Å². The van der Waals surface area contributed by atoms with E-state index in [-0.39, 0.29) is 17.0 Å². The Morgan fingerprint density at radius 2 is 1.69 bits per heavy atom. The minimum Gasteiger partial charge on any atom is -0.508 e. The van der Waals surface area contributed by atoms with Crippen molar-refractivity contribution in [1.29, 1.82) is 0 Å². The number of benzene rings is 4. The monoisotopic (exact) mass is 483 g/mol. The number of aromatic hydroxyl groups is 1. The summed E-state index contributed by atoms with van der Waals surface area (Å²) in [5.74, 6) is -0.427. The molecule has 36 heavy (non-hydrogen) atoms. The molecule has 0 bridgehead atoms. The zero-order valence-corrected chi connectivity index (χ0v) is 19.5. The number of phenolic OH excluding ortho intramolecular Hbond substituents is 1. The lowest BCUT2D eigenvalue weighted by Gasteiger charge is -2.28. The van der Waals surface area contributed by atoms with Gasteiger partial charge in [-0.25, -0.2) is 0 Å². The third kappa shape index (κ3) is 4.58. The molecule has 1 aliphatic heterocycles. The van der Waals surface area contributed by atoms with Crippen molar-refractivity contribution in [2.75, 3.05) is 31.2 Å². The lowest BCUT2D eigenvalue weighted by Crippen LogP contribution is -2.36. The topological polar surface area (TPSA) is 105 Å². The highest BCUT2D eigenvalue weighted by atomic mass is 16.6. The molecule has 1 amide bonds. The van der Waals surface area contributed by atoms with E-state index in [0.717, 1.165) is 16.3 Å². The van der Waals surface area contributed by atoms with Crippen molar-refractivity contribution in [2.45, 2.75) is 6.04 Å². The van der Waals surface area contributed by atoms with Crippen LogP contribution in [0.2, 0.25) is 0 Å². The van der Waals surface area contributed by atoms with E-state index in [1.807, 2.05) is 65.6 Å². The van der Waals surface area contributed by atoms with Crippen LogP contribution in [-0.2, 0) is 4.74 Å². The molecule has 4 aromatic carbocycles. The maximum absolute atomic E-state index is 13.5. The van der Waals surface area contributed by atoms with Gasteiger partial charge >= 0.3 is 0 Å². The lowest BCUT2D eigenvalue weighted by atomic mass is 9.92. The lowest BCUT2D eigenvalue weighted by molar-refractivity contribution is -0.384. The third-order valence-corrected chi connectivity index (χ3v) is 6.43. The molecular weight excluding hydrogens is 458 g/mol. The first-order valence-corrected chi connectivity index (χ1v) is 11.7. The molecule has 4 aromatic rings. The predicted molar refractivity (Wildman–Crippen MR) is 137 cm³/mol. The second kappa shape index (κ2) is 10.1. The maximum Gasteiger partial charge on any atom is 0.293 e. The number of phenols is 1. The van der Waals surface area contributed by atoms with Crippen molar-refractivity contribution >= 4 is 28.1 Å². The molecule has 1 fully saturated rings. The minimum absolute atomic E-state index is 0.0523. The fourth-order valence-electron chi connectivity index (χ4n) is 4.65. The van der Waals surface area contributed by atoms with Crippen LogP contribution in [0, 0.1) is 10.1 Å². The van der Waals surface area contributed by atoms with Crippen LogP contribution in [0.5, 0.6) is 5.75 Å². The van der Waals surface area contributed by atoms with Crippen LogP contribution >= 0.6 is 0 Å². The Bertz CT molecular complexity index is 1420. The zero-order valence-electron chi connectivity index (χ0n) is 19.5. The first-order valence-electron chi connectivity index (χ1n) is 11.7. The van der Waals surface area contributed by atoms with E-state index >= 15 is 0 Å². The van der Waals surface area contributed by atoms with Gasteiger partial charge in [0.25, 0.3) is 11.6 Å². The highest BCUT2D eigenvalue weighted by Gasteiger charge is 2.26. The molecule has 0 radical (unpaired) electrons. The van der Waals surface area contributed by atoms with Gasteiger partial charge in [-0.1, -0.05) is 60.7 Å². The average molecular weight is 484 g/mol. The predicted octanol–water partition coefficient (Wildman–Crippen LogP) is 4.81. The summed E-state index contributed by atoms with van der Waals surface area (Å²) in [6.45, 7) is 2.07. The Morgan fingerprint density at radius 1 is 0.972 bits per heavy atom. The highest BCUT2D eigenvalue weighted by molar-refractivity contribution is 5.97. The van der Waals surface area contributed by atoms with Gasteiger partial charge in [0.05, 0.1) is 24.2 Å². The number of nitro groups is 1. The molecule has 0 saturated carbocycles. The number of ether oxygens (including phenoxy) is 1. The molecule has 1 unspecified atom stereocenters. The molecule has 5 rings (SSSR count).